The van der Waals surface area contributed by atoms with E-state index in [1.54, 1.807) is 4.90 Å². The fraction of sp³-hybridized carbons (Fsp3) is 0.583. The van der Waals surface area contributed by atoms with Gasteiger partial charge in [-0.2, -0.15) is 5.10 Å². The molecule has 2 heterocycles. The van der Waals surface area contributed by atoms with Gasteiger partial charge in [0.15, 0.2) is 5.69 Å². The van der Waals surface area contributed by atoms with Crippen LogP contribution < -0.4 is 11.1 Å². The van der Waals surface area contributed by atoms with E-state index in [0.29, 0.717) is 31.7 Å². The Morgan fingerprint density at radius 2 is 2.16 bits per heavy atom. The van der Waals surface area contributed by atoms with Crippen molar-refractivity contribution in [2.75, 3.05) is 25.4 Å². The van der Waals surface area contributed by atoms with Gasteiger partial charge in [0.1, 0.15) is 0 Å². The number of aromatic nitrogens is 2. The first-order valence-corrected chi connectivity index (χ1v) is 6.40. The summed E-state index contributed by atoms with van der Waals surface area (Å²) >= 11 is 0. The molecule has 2 amide bonds. The summed E-state index contributed by atoms with van der Waals surface area (Å²) in [4.78, 5) is 25.2. The standard InChI is InChI=1S/C12H19N5O2/c1-7(2)10-9(13)11(16-15-10)12(19)17-5-3-8(18)14-4-6-17/h7H,3-6,13H2,1-2H3,(H,14,18)(H,15,16). The van der Waals surface area contributed by atoms with Gasteiger partial charge in [-0.25, -0.2) is 0 Å². The maximum atomic E-state index is 12.3. The van der Waals surface area contributed by atoms with Crippen LogP contribution in [-0.2, 0) is 4.79 Å². The zero-order valence-electron chi connectivity index (χ0n) is 11.2. The molecule has 7 nitrogen and oxygen atoms in total. The highest BCUT2D eigenvalue weighted by atomic mass is 16.2. The fourth-order valence-electron chi connectivity index (χ4n) is 2.09. The molecule has 1 aliphatic rings. The lowest BCUT2D eigenvalue weighted by Gasteiger charge is -2.18. The Labute approximate surface area is 111 Å². The minimum Gasteiger partial charge on any atom is -0.395 e. The molecule has 19 heavy (non-hydrogen) atoms. The third-order valence-corrected chi connectivity index (χ3v) is 3.21. The van der Waals surface area contributed by atoms with Crippen LogP contribution >= 0.6 is 0 Å². The molecule has 4 N–H and O–H groups in total. The van der Waals surface area contributed by atoms with Crippen molar-refractivity contribution in [2.45, 2.75) is 26.2 Å². The van der Waals surface area contributed by atoms with Gasteiger partial charge in [-0.15, -0.1) is 0 Å². The molecule has 0 aromatic carbocycles. The highest BCUT2D eigenvalue weighted by Crippen LogP contribution is 2.23. The second-order valence-electron chi connectivity index (χ2n) is 4.95. The first kappa shape index (κ1) is 13.4. The molecule has 0 radical (unpaired) electrons. The Kier molecular flexibility index (Phi) is 3.73. The zero-order valence-corrected chi connectivity index (χ0v) is 11.2. The summed E-state index contributed by atoms with van der Waals surface area (Å²) in [6.07, 6.45) is 0.313. The Balaban J connectivity index is 2.17. The van der Waals surface area contributed by atoms with Crippen LogP contribution in [0.25, 0.3) is 0 Å². The molecule has 0 aliphatic carbocycles. The van der Waals surface area contributed by atoms with Gasteiger partial charge in [0.25, 0.3) is 5.91 Å². The Morgan fingerprint density at radius 1 is 1.42 bits per heavy atom. The molecule has 0 atom stereocenters. The maximum absolute atomic E-state index is 12.3. The summed E-state index contributed by atoms with van der Waals surface area (Å²) < 4.78 is 0. The molecule has 0 unspecified atom stereocenters. The molecule has 1 aliphatic heterocycles. The van der Waals surface area contributed by atoms with E-state index in [9.17, 15) is 9.59 Å². The van der Waals surface area contributed by atoms with E-state index in [2.05, 4.69) is 15.5 Å². The predicted octanol–water partition coefficient (Wildman–Crippen LogP) is 0.0774. The Morgan fingerprint density at radius 3 is 2.79 bits per heavy atom. The molecule has 1 fully saturated rings. The number of hydrogen-bond acceptors (Lipinski definition) is 4. The van der Waals surface area contributed by atoms with Gasteiger partial charge in [-0.05, 0) is 5.92 Å². The first-order chi connectivity index (χ1) is 9.00. The number of carbonyl (C=O) groups excluding carboxylic acids is 2. The number of aromatic amines is 1. The molecule has 1 aromatic heterocycles. The first-order valence-electron chi connectivity index (χ1n) is 6.40. The van der Waals surface area contributed by atoms with Crippen LogP contribution in [0.15, 0.2) is 0 Å². The second-order valence-corrected chi connectivity index (χ2v) is 4.95. The van der Waals surface area contributed by atoms with Crippen molar-refractivity contribution in [3.63, 3.8) is 0 Å². The van der Waals surface area contributed by atoms with Crippen LogP contribution in [0.1, 0.15) is 42.4 Å². The van der Waals surface area contributed by atoms with Gasteiger partial charge in [0.05, 0.1) is 11.4 Å². The molecule has 104 valence electrons. The number of rotatable bonds is 2. The molecule has 1 saturated heterocycles. The number of nitrogens with one attached hydrogen (secondary N) is 2. The summed E-state index contributed by atoms with van der Waals surface area (Å²) in [5.74, 6) is -0.0771. The lowest BCUT2D eigenvalue weighted by atomic mass is 10.1. The summed E-state index contributed by atoms with van der Waals surface area (Å²) in [5, 5.41) is 9.55. The van der Waals surface area contributed by atoms with E-state index >= 15 is 0 Å². The Bertz CT molecular complexity index is 494. The van der Waals surface area contributed by atoms with Crippen molar-refractivity contribution in [3.8, 4) is 0 Å². The number of nitrogen functional groups attached to an aromatic ring is 1. The molecule has 0 bridgehead atoms. The molecule has 0 spiro atoms. The number of nitrogens with two attached hydrogens (primary N) is 1. The van der Waals surface area contributed by atoms with Crippen LogP contribution in [-0.4, -0.2) is 46.5 Å². The third kappa shape index (κ3) is 2.69. The van der Waals surface area contributed by atoms with Crippen LogP contribution in [0.2, 0.25) is 0 Å². The number of H-pyrrole nitrogens is 1. The molecule has 1 aromatic rings. The third-order valence-electron chi connectivity index (χ3n) is 3.21. The van der Waals surface area contributed by atoms with Crippen LogP contribution in [0.4, 0.5) is 5.69 Å². The minimum atomic E-state index is -0.225. The van der Waals surface area contributed by atoms with Crippen molar-refractivity contribution in [2.24, 2.45) is 0 Å². The number of nitrogens with zero attached hydrogens (tertiary/aromatic N) is 2. The fourth-order valence-corrected chi connectivity index (χ4v) is 2.09. The van der Waals surface area contributed by atoms with E-state index in [-0.39, 0.29) is 23.4 Å². The van der Waals surface area contributed by atoms with Crippen molar-refractivity contribution in [1.29, 1.82) is 0 Å². The van der Waals surface area contributed by atoms with Gasteiger partial charge in [-0.3, -0.25) is 14.7 Å². The highest BCUT2D eigenvalue weighted by Gasteiger charge is 2.25. The molecular weight excluding hydrogens is 246 g/mol. The van der Waals surface area contributed by atoms with Crippen LogP contribution in [0, 0.1) is 0 Å². The van der Waals surface area contributed by atoms with Crippen molar-refractivity contribution in [1.82, 2.24) is 20.4 Å². The van der Waals surface area contributed by atoms with Crippen LogP contribution in [0.3, 0.4) is 0 Å². The van der Waals surface area contributed by atoms with Crippen LogP contribution in [0.5, 0.6) is 0 Å². The van der Waals surface area contributed by atoms with E-state index in [1.165, 1.54) is 0 Å². The summed E-state index contributed by atoms with van der Waals surface area (Å²) in [5.41, 5.74) is 7.38. The average Bonchev–Trinajstić information content (AvgIpc) is 2.60. The van der Waals surface area contributed by atoms with Crippen molar-refractivity contribution >= 4 is 17.5 Å². The summed E-state index contributed by atoms with van der Waals surface area (Å²) in [7, 11) is 0. The van der Waals surface area contributed by atoms with E-state index < -0.39 is 0 Å². The van der Waals surface area contributed by atoms with Gasteiger partial charge in [-0.1, -0.05) is 13.8 Å². The zero-order chi connectivity index (χ0) is 14.0. The highest BCUT2D eigenvalue weighted by molar-refractivity contribution is 5.98. The predicted molar refractivity (Wildman–Crippen MR) is 70.6 cm³/mol. The van der Waals surface area contributed by atoms with Gasteiger partial charge in [0, 0.05) is 26.1 Å². The molecule has 0 saturated carbocycles. The number of amides is 2. The van der Waals surface area contributed by atoms with Crippen molar-refractivity contribution in [3.05, 3.63) is 11.4 Å². The van der Waals surface area contributed by atoms with E-state index in [1.807, 2.05) is 13.8 Å². The van der Waals surface area contributed by atoms with Gasteiger partial charge < -0.3 is 16.0 Å². The molecule has 2 rings (SSSR count). The molecule has 7 heteroatoms. The lowest BCUT2D eigenvalue weighted by Crippen LogP contribution is -2.34. The number of carbonyl (C=O) groups is 2. The SMILES string of the molecule is CC(C)c1[nH]nc(C(=O)N2CCNC(=O)CC2)c1N. The maximum Gasteiger partial charge on any atom is 0.276 e. The van der Waals surface area contributed by atoms with Gasteiger partial charge >= 0.3 is 0 Å². The molecular formula is C12H19N5O2. The Hall–Kier alpha value is -2.05. The summed E-state index contributed by atoms with van der Waals surface area (Å²) in [6, 6.07) is 0. The quantitative estimate of drug-likeness (QED) is 0.704. The minimum absolute atomic E-state index is 0.0341. The second kappa shape index (κ2) is 5.29. The van der Waals surface area contributed by atoms with Gasteiger partial charge in [0.2, 0.25) is 5.91 Å². The number of anilines is 1. The smallest absolute Gasteiger partial charge is 0.276 e. The topological polar surface area (TPSA) is 104 Å². The summed E-state index contributed by atoms with van der Waals surface area (Å²) in [6.45, 7) is 5.30. The van der Waals surface area contributed by atoms with E-state index in [0.717, 1.165) is 5.69 Å². The number of hydrogen-bond donors (Lipinski definition) is 3. The normalized spacial score (nSPS) is 16.4. The monoisotopic (exact) mass is 265 g/mol. The van der Waals surface area contributed by atoms with E-state index in [4.69, 9.17) is 5.73 Å². The lowest BCUT2D eigenvalue weighted by molar-refractivity contribution is -0.120. The average molecular weight is 265 g/mol. The van der Waals surface area contributed by atoms with Crippen molar-refractivity contribution < 1.29 is 9.59 Å². The largest absolute Gasteiger partial charge is 0.395 e.